The Morgan fingerprint density at radius 3 is 2.50 bits per heavy atom. The van der Waals surface area contributed by atoms with Gasteiger partial charge in [0.15, 0.2) is 0 Å². The molecule has 0 spiro atoms. The number of hydrogen-bond donors (Lipinski definition) is 3. The van der Waals surface area contributed by atoms with E-state index in [1.54, 1.807) is 43.3 Å². The molecule has 1 aliphatic rings. The molecule has 0 saturated carbocycles. The largest absolute Gasteiger partial charge is 0.494 e. The van der Waals surface area contributed by atoms with Crippen LogP contribution in [0.1, 0.15) is 31.1 Å². The first-order chi connectivity index (χ1) is 18.4. The van der Waals surface area contributed by atoms with E-state index in [0.29, 0.717) is 45.6 Å². The lowest BCUT2D eigenvalue weighted by Gasteiger charge is -2.28. The number of benzene rings is 2. The van der Waals surface area contributed by atoms with Crippen molar-refractivity contribution in [3.63, 3.8) is 0 Å². The van der Waals surface area contributed by atoms with Crippen molar-refractivity contribution in [1.29, 1.82) is 5.26 Å². The Balaban J connectivity index is 1.54. The van der Waals surface area contributed by atoms with Crippen LogP contribution < -0.4 is 20.7 Å². The van der Waals surface area contributed by atoms with Crippen LogP contribution in [0.15, 0.2) is 93.2 Å². The second-order valence-electron chi connectivity index (χ2n) is 8.53. The van der Waals surface area contributed by atoms with E-state index in [-0.39, 0.29) is 17.6 Å². The van der Waals surface area contributed by atoms with E-state index in [4.69, 9.17) is 9.15 Å². The standard InChI is InChI=1S/C29H28N4O4S/c1-4-36-21-13-11-20(12-14-21)32-25(34)17-38-29-22(16-30)27(24-10-7-15-37-24)26(19(3)31-29)28(35)33-23-9-6-5-8-18(23)2/h5-15,27,31H,4,17H2,1-3H3,(H,32,34)(H,33,35)/t27-/m0/s1. The van der Waals surface area contributed by atoms with E-state index in [9.17, 15) is 14.9 Å². The Kier molecular flexibility index (Phi) is 8.56. The molecule has 3 aromatic rings. The average molecular weight is 529 g/mol. The van der Waals surface area contributed by atoms with Crippen molar-refractivity contribution in [1.82, 2.24) is 5.32 Å². The van der Waals surface area contributed by atoms with Gasteiger partial charge in [-0.2, -0.15) is 5.26 Å². The number of ether oxygens (including phenoxy) is 1. The van der Waals surface area contributed by atoms with E-state index in [0.717, 1.165) is 11.3 Å². The lowest BCUT2D eigenvalue weighted by molar-refractivity contribution is -0.114. The third kappa shape index (κ3) is 6.10. The lowest BCUT2D eigenvalue weighted by atomic mass is 9.85. The summed E-state index contributed by atoms with van der Waals surface area (Å²) in [7, 11) is 0. The fourth-order valence-corrected chi connectivity index (χ4v) is 5.00. The van der Waals surface area contributed by atoms with Crippen molar-refractivity contribution in [3.05, 3.63) is 100 Å². The van der Waals surface area contributed by atoms with E-state index in [1.165, 1.54) is 18.0 Å². The zero-order chi connectivity index (χ0) is 27.1. The van der Waals surface area contributed by atoms with Crippen LogP contribution in [-0.4, -0.2) is 24.2 Å². The molecule has 0 saturated heterocycles. The maximum atomic E-state index is 13.5. The van der Waals surface area contributed by atoms with E-state index >= 15 is 0 Å². The molecule has 0 fully saturated rings. The number of amides is 2. The van der Waals surface area contributed by atoms with Crippen molar-refractivity contribution < 1.29 is 18.7 Å². The fourth-order valence-electron chi connectivity index (χ4n) is 4.11. The first-order valence-corrected chi connectivity index (χ1v) is 13.1. The summed E-state index contributed by atoms with van der Waals surface area (Å²) in [6.45, 7) is 6.16. The minimum atomic E-state index is -0.725. The van der Waals surface area contributed by atoms with Gasteiger partial charge in [0.1, 0.15) is 11.5 Å². The number of dihydropyridines is 1. The van der Waals surface area contributed by atoms with Gasteiger partial charge in [0.05, 0.1) is 46.8 Å². The summed E-state index contributed by atoms with van der Waals surface area (Å²) in [6, 6.07) is 20.3. The number of hydrogen-bond acceptors (Lipinski definition) is 7. The number of allylic oxidation sites excluding steroid dienone is 2. The molecule has 0 bridgehead atoms. The van der Waals surface area contributed by atoms with Gasteiger partial charge in [-0.05, 0) is 68.8 Å². The van der Waals surface area contributed by atoms with E-state index in [2.05, 4.69) is 22.0 Å². The maximum Gasteiger partial charge on any atom is 0.254 e. The predicted octanol–water partition coefficient (Wildman–Crippen LogP) is 5.69. The molecule has 3 N–H and O–H groups in total. The summed E-state index contributed by atoms with van der Waals surface area (Å²) >= 11 is 1.20. The van der Waals surface area contributed by atoms with Gasteiger partial charge in [-0.25, -0.2) is 0 Å². The van der Waals surface area contributed by atoms with Crippen molar-refractivity contribution in [3.8, 4) is 11.8 Å². The van der Waals surface area contributed by atoms with E-state index in [1.807, 2.05) is 38.1 Å². The molecule has 0 radical (unpaired) electrons. The van der Waals surface area contributed by atoms with Crippen LogP contribution in [0.3, 0.4) is 0 Å². The van der Waals surface area contributed by atoms with Crippen molar-refractivity contribution in [2.24, 2.45) is 0 Å². The number of carbonyl (C=O) groups is 2. The predicted molar refractivity (Wildman–Crippen MR) is 148 cm³/mol. The van der Waals surface area contributed by atoms with Gasteiger partial charge >= 0.3 is 0 Å². The van der Waals surface area contributed by atoms with Gasteiger partial charge in [0.25, 0.3) is 5.91 Å². The number of nitrogens with zero attached hydrogens (tertiary/aromatic N) is 1. The topological polar surface area (TPSA) is 116 Å². The molecule has 8 nitrogen and oxygen atoms in total. The van der Waals surface area contributed by atoms with Crippen LogP contribution >= 0.6 is 11.8 Å². The molecule has 1 atom stereocenters. The van der Waals surface area contributed by atoms with Crippen LogP contribution in [-0.2, 0) is 9.59 Å². The highest BCUT2D eigenvalue weighted by atomic mass is 32.2. The number of carbonyl (C=O) groups excluding carboxylic acids is 2. The number of anilines is 2. The molecule has 0 aliphatic carbocycles. The molecule has 1 aliphatic heterocycles. The maximum absolute atomic E-state index is 13.5. The van der Waals surface area contributed by atoms with Crippen molar-refractivity contribution in [2.75, 3.05) is 23.0 Å². The smallest absolute Gasteiger partial charge is 0.254 e. The van der Waals surface area contributed by atoms with Gasteiger partial charge in [-0.3, -0.25) is 9.59 Å². The molecule has 9 heteroatoms. The minimum Gasteiger partial charge on any atom is -0.494 e. The van der Waals surface area contributed by atoms with Crippen LogP contribution in [0.25, 0.3) is 0 Å². The Morgan fingerprint density at radius 2 is 1.84 bits per heavy atom. The highest BCUT2D eigenvalue weighted by Gasteiger charge is 2.36. The Hall–Kier alpha value is -4.42. The number of thioether (sulfide) groups is 1. The number of nitriles is 1. The zero-order valence-electron chi connectivity index (χ0n) is 21.3. The number of furan rings is 1. The van der Waals surface area contributed by atoms with Crippen LogP contribution in [0.5, 0.6) is 5.75 Å². The molecule has 0 unspecified atom stereocenters. The van der Waals surface area contributed by atoms with Crippen LogP contribution in [0.4, 0.5) is 11.4 Å². The molecule has 2 amide bonds. The van der Waals surface area contributed by atoms with Gasteiger partial charge in [0.2, 0.25) is 5.91 Å². The number of aryl methyl sites for hydroxylation is 1. The summed E-state index contributed by atoms with van der Waals surface area (Å²) in [6.07, 6.45) is 1.51. The monoisotopic (exact) mass is 528 g/mol. The third-order valence-electron chi connectivity index (χ3n) is 5.91. The molecule has 1 aromatic heterocycles. The SMILES string of the molecule is CCOc1ccc(NC(=O)CSC2=C(C#N)[C@@H](c3ccco3)C(C(=O)Nc3ccccc3C)=C(C)N2)cc1. The molecule has 4 rings (SSSR count). The molecule has 2 aromatic carbocycles. The number of nitrogens with one attached hydrogen (secondary N) is 3. The zero-order valence-corrected chi connectivity index (χ0v) is 22.1. The normalized spacial score (nSPS) is 14.9. The molecule has 194 valence electrons. The van der Waals surface area contributed by atoms with E-state index < -0.39 is 5.92 Å². The number of rotatable bonds is 9. The van der Waals surface area contributed by atoms with Gasteiger partial charge in [0, 0.05) is 17.1 Å². The van der Waals surface area contributed by atoms with Crippen molar-refractivity contribution in [2.45, 2.75) is 26.7 Å². The lowest BCUT2D eigenvalue weighted by Crippen LogP contribution is -2.31. The quantitative estimate of drug-likeness (QED) is 0.326. The van der Waals surface area contributed by atoms with Crippen LogP contribution in [0, 0.1) is 18.3 Å². The van der Waals surface area contributed by atoms with Crippen LogP contribution in [0.2, 0.25) is 0 Å². The second-order valence-corrected chi connectivity index (χ2v) is 9.52. The van der Waals surface area contributed by atoms with Gasteiger partial charge in [-0.15, -0.1) is 0 Å². The molecular weight excluding hydrogens is 500 g/mol. The molecular formula is C29H28N4O4S. The van der Waals surface area contributed by atoms with Gasteiger partial charge < -0.3 is 25.1 Å². The Bertz CT molecular complexity index is 1420. The summed E-state index contributed by atoms with van der Waals surface area (Å²) in [5.74, 6) is -0.0422. The summed E-state index contributed by atoms with van der Waals surface area (Å²) in [5.41, 5.74) is 3.51. The minimum absolute atomic E-state index is 0.0591. The van der Waals surface area contributed by atoms with Crippen molar-refractivity contribution >= 4 is 35.0 Å². The highest BCUT2D eigenvalue weighted by molar-refractivity contribution is 8.03. The summed E-state index contributed by atoms with van der Waals surface area (Å²) < 4.78 is 11.1. The van der Waals surface area contributed by atoms with Gasteiger partial charge in [-0.1, -0.05) is 30.0 Å². The Labute approximate surface area is 225 Å². The number of para-hydroxylation sites is 1. The first kappa shape index (κ1) is 26.6. The third-order valence-corrected chi connectivity index (χ3v) is 6.93. The summed E-state index contributed by atoms with van der Waals surface area (Å²) in [4.78, 5) is 26.1. The average Bonchev–Trinajstić information content (AvgIpc) is 3.44. The first-order valence-electron chi connectivity index (χ1n) is 12.1. The summed E-state index contributed by atoms with van der Waals surface area (Å²) in [5, 5.41) is 19.6. The molecule has 38 heavy (non-hydrogen) atoms. The second kappa shape index (κ2) is 12.2. The fraction of sp³-hybridized carbons (Fsp3) is 0.207. The molecule has 2 heterocycles. The highest BCUT2D eigenvalue weighted by Crippen LogP contribution is 2.41. The Morgan fingerprint density at radius 1 is 1.08 bits per heavy atom.